The summed E-state index contributed by atoms with van der Waals surface area (Å²) >= 11 is 6.61. The monoisotopic (exact) mass is 356 g/mol. The quantitative estimate of drug-likeness (QED) is 0.808. The highest BCUT2D eigenvalue weighted by molar-refractivity contribution is 9.11. The number of hydrogen-bond acceptors (Lipinski definition) is 4. The fourth-order valence-electron chi connectivity index (χ4n) is 2.19. The van der Waals surface area contributed by atoms with E-state index in [0.29, 0.717) is 0 Å². The fraction of sp³-hybridized carbons (Fsp3) is 0.385. The molecule has 2 aromatic heterocycles. The third-order valence-corrected chi connectivity index (χ3v) is 6.11. The van der Waals surface area contributed by atoms with Crippen LogP contribution in [0.25, 0.3) is 9.88 Å². The lowest BCUT2D eigenvalue weighted by Crippen LogP contribution is -2.27. The van der Waals surface area contributed by atoms with Crippen LogP contribution in [0.5, 0.6) is 0 Å². The van der Waals surface area contributed by atoms with Gasteiger partial charge in [0.1, 0.15) is 9.88 Å². The van der Waals surface area contributed by atoms with E-state index in [1.165, 1.54) is 11.3 Å². The van der Waals surface area contributed by atoms with Crippen molar-refractivity contribution in [3.05, 3.63) is 26.5 Å². The molecule has 1 aliphatic heterocycles. The van der Waals surface area contributed by atoms with Gasteiger partial charge in [-0.25, -0.2) is 4.98 Å². The second-order valence-corrected chi connectivity index (χ2v) is 8.00. The van der Waals surface area contributed by atoms with Crippen LogP contribution in [0.1, 0.15) is 28.2 Å². The highest BCUT2D eigenvalue weighted by Gasteiger charge is 2.24. The number of likely N-dealkylation sites (tertiary alicyclic amines) is 1. The van der Waals surface area contributed by atoms with E-state index in [1.54, 1.807) is 11.3 Å². The normalized spacial score (nSPS) is 15.2. The van der Waals surface area contributed by atoms with Crippen LogP contribution >= 0.6 is 38.6 Å². The minimum absolute atomic E-state index is 0.148. The topological polar surface area (TPSA) is 33.2 Å². The number of thiazole rings is 1. The number of thiophene rings is 1. The van der Waals surface area contributed by atoms with Gasteiger partial charge in [0.05, 0.1) is 14.4 Å². The van der Waals surface area contributed by atoms with Crippen LogP contribution in [0.3, 0.4) is 0 Å². The highest BCUT2D eigenvalue weighted by atomic mass is 79.9. The molecule has 3 heterocycles. The molecule has 0 atom stereocenters. The number of rotatable bonds is 2. The molecule has 0 aliphatic carbocycles. The van der Waals surface area contributed by atoms with Crippen molar-refractivity contribution in [2.24, 2.45) is 0 Å². The Balaban J connectivity index is 1.90. The molecule has 19 heavy (non-hydrogen) atoms. The van der Waals surface area contributed by atoms with E-state index in [4.69, 9.17) is 0 Å². The number of aryl methyl sites for hydroxylation is 1. The van der Waals surface area contributed by atoms with Crippen molar-refractivity contribution >= 4 is 44.5 Å². The number of aromatic nitrogens is 1. The number of nitrogens with zero attached hydrogens (tertiary/aromatic N) is 2. The van der Waals surface area contributed by atoms with Crippen molar-refractivity contribution in [3.8, 4) is 9.88 Å². The predicted octanol–water partition coefficient (Wildman–Crippen LogP) is 4.18. The lowest BCUT2D eigenvalue weighted by Gasteiger charge is -2.13. The zero-order valence-electron chi connectivity index (χ0n) is 10.5. The Morgan fingerprint density at radius 2 is 2.05 bits per heavy atom. The van der Waals surface area contributed by atoms with Crippen LogP contribution in [-0.4, -0.2) is 28.9 Å². The van der Waals surface area contributed by atoms with Crippen LogP contribution in [-0.2, 0) is 0 Å². The van der Waals surface area contributed by atoms with Crippen molar-refractivity contribution in [3.63, 3.8) is 0 Å². The molecule has 1 saturated heterocycles. The minimum Gasteiger partial charge on any atom is -0.338 e. The second-order valence-electron chi connectivity index (χ2n) is 4.54. The maximum absolute atomic E-state index is 12.4. The fourth-order valence-corrected chi connectivity index (χ4v) is 4.67. The number of halogens is 1. The third-order valence-electron chi connectivity index (χ3n) is 3.17. The number of hydrogen-bond donors (Lipinski definition) is 0. The van der Waals surface area contributed by atoms with Crippen LogP contribution in [0, 0.1) is 6.92 Å². The van der Waals surface area contributed by atoms with Gasteiger partial charge in [-0.05, 0) is 47.8 Å². The molecule has 0 unspecified atom stereocenters. The summed E-state index contributed by atoms with van der Waals surface area (Å²) in [6, 6.07) is 4.05. The van der Waals surface area contributed by atoms with E-state index in [2.05, 4.69) is 20.9 Å². The smallest absolute Gasteiger partial charge is 0.265 e. The van der Waals surface area contributed by atoms with Gasteiger partial charge in [0.15, 0.2) is 0 Å². The van der Waals surface area contributed by atoms with Crippen molar-refractivity contribution in [2.45, 2.75) is 19.8 Å². The molecule has 0 radical (unpaired) electrons. The molecule has 1 amide bonds. The van der Waals surface area contributed by atoms with Gasteiger partial charge >= 0.3 is 0 Å². The molecular weight excluding hydrogens is 344 g/mol. The maximum Gasteiger partial charge on any atom is 0.265 e. The summed E-state index contributed by atoms with van der Waals surface area (Å²) in [6.45, 7) is 3.69. The van der Waals surface area contributed by atoms with Gasteiger partial charge in [-0.15, -0.1) is 22.7 Å². The number of amides is 1. The van der Waals surface area contributed by atoms with Crippen LogP contribution in [0.4, 0.5) is 0 Å². The van der Waals surface area contributed by atoms with Gasteiger partial charge in [-0.2, -0.15) is 0 Å². The molecule has 0 N–H and O–H groups in total. The first kappa shape index (κ1) is 13.3. The van der Waals surface area contributed by atoms with Crippen LogP contribution in [0.15, 0.2) is 15.9 Å². The summed E-state index contributed by atoms with van der Waals surface area (Å²) in [4.78, 5) is 20.8. The average Bonchev–Trinajstić information content (AvgIpc) is 3.08. The Kier molecular flexibility index (Phi) is 3.73. The van der Waals surface area contributed by atoms with E-state index >= 15 is 0 Å². The Labute approximate surface area is 128 Å². The van der Waals surface area contributed by atoms with Crippen molar-refractivity contribution in [1.29, 1.82) is 0 Å². The van der Waals surface area contributed by atoms with Gasteiger partial charge in [0.2, 0.25) is 0 Å². The molecule has 1 fully saturated rings. The molecule has 6 heteroatoms. The molecule has 2 aromatic rings. The third kappa shape index (κ3) is 2.61. The van der Waals surface area contributed by atoms with Gasteiger partial charge in [-0.3, -0.25) is 4.79 Å². The number of carbonyl (C=O) groups is 1. The first-order valence-electron chi connectivity index (χ1n) is 6.17. The Morgan fingerprint density at radius 1 is 1.32 bits per heavy atom. The molecule has 0 saturated carbocycles. The van der Waals surface area contributed by atoms with Gasteiger partial charge in [0, 0.05) is 13.1 Å². The second kappa shape index (κ2) is 5.34. The van der Waals surface area contributed by atoms with Gasteiger partial charge in [-0.1, -0.05) is 0 Å². The van der Waals surface area contributed by atoms with E-state index in [0.717, 1.165) is 50.2 Å². The SMILES string of the molecule is Cc1nc(-c2ccc(Br)s2)sc1C(=O)N1CCCC1. The minimum atomic E-state index is 0.148. The Hall–Kier alpha value is -0.720. The highest BCUT2D eigenvalue weighted by Crippen LogP contribution is 2.35. The standard InChI is InChI=1S/C13H13BrN2OS2/c1-8-11(13(17)16-6-2-3-7-16)19-12(15-8)9-4-5-10(14)18-9/h4-5H,2-3,6-7H2,1H3. The molecular formula is C13H13BrN2OS2. The predicted molar refractivity (Wildman–Crippen MR) is 83.0 cm³/mol. The first-order valence-corrected chi connectivity index (χ1v) is 8.60. The summed E-state index contributed by atoms with van der Waals surface area (Å²) in [5.41, 5.74) is 0.849. The summed E-state index contributed by atoms with van der Waals surface area (Å²) in [6.07, 6.45) is 2.24. The Bertz CT molecular complexity index is 614. The maximum atomic E-state index is 12.4. The van der Waals surface area contributed by atoms with Crippen LogP contribution < -0.4 is 0 Å². The van der Waals surface area contributed by atoms with Crippen molar-refractivity contribution < 1.29 is 4.79 Å². The molecule has 0 aromatic carbocycles. The largest absolute Gasteiger partial charge is 0.338 e. The molecule has 3 nitrogen and oxygen atoms in total. The first-order chi connectivity index (χ1) is 9.15. The molecule has 3 rings (SSSR count). The van der Waals surface area contributed by atoms with E-state index < -0.39 is 0 Å². The van der Waals surface area contributed by atoms with Crippen molar-refractivity contribution in [2.75, 3.05) is 13.1 Å². The summed E-state index contributed by atoms with van der Waals surface area (Å²) in [5.74, 6) is 0.148. The van der Waals surface area contributed by atoms with E-state index in [9.17, 15) is 4.79 Å². The molecule has 1 aliphatic rings. The lowest BCUT2D eigenvalue weighted by atomic mass is 10.3. The zero-order chi connectivity index (χ0) is 13.4. The summed E-state index contributed by atoms with van der Waals surface area (Å²) < 4.78 is 1.09. The van der Waals surface area contributed by atoms with Gasteiger partial charge in [0.25, 0.3) is 5.91 Å². The van der Waals surface area contributed by atoms with E-state index in [1.807, 2.05) is 24.0 Å². The molecule has 0 spiro atoms. The average molecular weight is 357 g/mol. The summed E-state index contributed by atoms with van der Waals surface area (Å²) in [7, 11) is 0. The summed E-state index contributed by atoms with van der Waals surface area (Å²) in [5, 5.41) is 0.941. The molecule has 0 bridgehead atoms. The van der Waals surface area contributed by atoms with Crippen LogP contribution in [0.2, 0.25) is 0 Å². The lowest BCUT2D eigenvalue weighted by molar-refractivity contribution is 0.0796. The Morgan fingerprint density at radius 3 is 2.68 bits per heavy atom. The zero-order valence-corrected chi connectivity index (χ0v) is 13.7. The molecule has 100 valence electrons. The van der Waals surface area contributed by atoms with Gasteiger partial charge < -0.3 is 4.90 Å². The number of carbonyl (C=O) groups excluding carboxylic acids is 1. The van der Waals surface area contributed by atoms with Crippen molar-refractivity contribution in [1.82, 2.24) is 9.88 Å². The van der Waals surface area contributed by atoms with E-state index in [-0.39, 0.29) is 5.91 Å².